The van der Waals surface area contributed by atoms with Crippen LogP contribution in [0.1, 0.15) is 12.5 Å². The van der Waals surface area contributed by atoms with Crippen LogP contribution in [0.4, 0.5) is 11.4 Å². The Kier molecular flexibility index (Phi) is 3.39. The highest BCUT2D eigenvalue weighted by molar-refractivity contribution is 6.30. The van der Waals surface area contributed by atoms with Crippen LogP contribution in [0.15, 0.2) is 27.8 Å². The SMILES string of the molecule is CCOc1c(Nc2ccc(Cl)cc2C)c(=O)c1=O. The van der Waals surface area contributed by atoms with Crippen molar-refractivity contribution in [2.45, 2.75) is 13.8 Å². The van der Waals surface area contributed by atoms with Crippen molar-refractivity contribution in [3.63, 3.8) is 0 Å². The molecule has 0 heterocycles. The first kappa shape index (κ1) is 12.6. The fourth-order valence-corrected chi connectivity index (χ4v) is 1.90. The Hall–Kier alpha value is -1.81. The summed E-state index contributed by atoms with van der Waals surface area (Å²) < 4.78 is 5.13. The number of rotatable bonds is 4. The molecule has 0 amide bonds. The summed E-state index contributed by atoms with van der Waals surface area (Å²) in [5, 5.41) is 3.53. The van der Waals surface area contributed by atoms with E-state index >= 15 is 0 Å². The van der Waals surface area contributed by atoms with E-state index in [2.05, 4.69) is 5.32 Å². The summed E-state index contributed by atoms with van der Waals surface area (Å²) in [6.07, 6.45) is 0. The average Bonchev–Trinajstić information content (AvgIpc) is 2.35. The second kappa shape index (κ2) is 4.82. The van der Waals surface area contributed by atoms with Crippen LogP contribution in [0.5, 0.6) is 5.75 Å². The molecule has 2 rings (SSSR count). The zero-order chi connectivity index (χ0) is 13.3. The summed E-state index contributed by atoms with van der Waals surface area (Å²) in [6.45, 7) is 3.97. The van der Waals surface area contributed by atoms with Crippen molar-refractivity contribution in [1.29, 1.82) is 0 Å². The van der Waals surface area contributed by atoms with Gasteiger partial charge in [-0.1, -0.05) is 11.6 Å². The number of hydrogen-bond donors (Lipinski definition) is 1. The first-order valence-electron chi connectivity index (χ1n) is 5.54. The van der Waals surface area contributed by atoms with Crippen molar-refractivity contribution in [2.75, 3.05) is 11.9 Å². The molecule has 0 fully saturated rings. The molecule has 2 aromatic rings. The van der Waals surface area contributed by atoms with Gasteiger partial charge in [0.15, 0.2) is 5.75 Å². The fraction of sp³-hybridized carbons (Fsp3) is 0.231. The Morgan fingerprint density at radius 2 is 2.00 bits per heavy atom. The highest BCUT2D eigenvalue weighted by Crippen LogP contribution is 2.26. The van der Waals surface area contributed by atoms with Crippen LogP contribution < -0.4 is 20.9 Å². The molecule has 5 heteroatoms. The van der Waals surface area contributed by atoms with E-state index in [4.69, 9.17) is 16.3 Å². The quantitative estimate of drug-likeness (QED) is 0.863. The van der Waals surface area contributed by atoms with E-state index in [-0.39, 0.29) is 11.4 Å². The van der Waals surface area contributed by atoms with E-state index in [1.807, 2.05) is 6.92 Å². The molecule has 0 saturated carbocycles. The third kappa shape index (κ3) is 2.11. The van der Waals surface area contributed by atoms with Crippen LogP contribution in [-0.2, 0) is 0 Å². The van der Waals surface area contributed by atoms with E-state index in [1.54, 1.807) is 25.1 Å². The second-order valence-corrected chi connectivity index (χ2v) is 4.32. The Morgan fingerprint density at radius 3 is 2.61 bits per heavy atom. The molecular formula is C13H12ClNO3. The molecular weight excluding hydrogens is 254 g/mol. The lowest BCUT2D eigenvalue weighted by molar-refractivity contribution is 0.335. The Morgan fingerprint density at radius 1 is 1.28 bits per heavy atom. The number of aryl methyl sites for hydroxylation is 1. The Bertz CT molecular complexity index is 657. The molecule has 0 aliphatic rings. The van der Waals surface area contributed by atoms with E-state index in [1.165, 1.54) is 0 Å². The van der Waals surface area contributed by atoms with E-state index < -0.39 is 10.9 Å². The van der Waals surface area contributed by atoms with Crippen LogP contribution in [0.3, 0.4) is 0 Å². The molecule has 0 saturated heterocycles. The van der Waals surface area contributed by atoms with Gasteiger partial charge in [0.2, 0.25) is 0 Å². The minimum atomic E-state index is -0.578. The average molecular weight is 266 g/mol. The summed E-state index contributed by atoms with van der Waals surface area (Å²) >= 11 is 5.85. The van der Waals surface area contributed by atoms with E-state index in [0.29, 0.717) is 11.6 Å². The first-order chi connectivity index (χ1) is 8.54. The molecule has 4 nitrogen and oxygen atoms in total. The summed E-state index contributed by atoms with van der Waals surface area (Å²) in [5.74, 6) is 0.108. The van der Waals surface area contributed by atoms with Crippen molar-refractivity contribution in [1.82, 2.24) is 0 Å². The molecule has 2 aromatic carbocycles. The highest BCUT2D eigenvalue weighted by Gasteiger charge is 2.22. The Labute approximate surface area is 109 Å². The topological polar surface area (TPSA) is 55.4 Å². The number of halogens is 1. The number of nitrogens with one attached hydrogen (secondary N) is 1. The molecule has 18 heavy (non-hydrogen) atoms. The normalized spacial score (nSPS) is 10.6. The molecule has 0 radical (unpaired) electrons. The van der Waals surface area contributed by atoms with Crippen LogP contribution in [0, 0.1) is 6.92 Å². The van der Waals surface area contributed by atoms with Crippen molar-refractivity contribution in [3.05, 3.63) is 49.2 Å². The van der Waals surface area contributed by atoms with Gasteiger partial charge in [0.1, 0.15) is 5.69 Å². The van der Waals surface area contributed by atoms with Crippen molar-refractivity contribution in [3.8, 4) is 5.75 Å². The van der Waals surface area contributed by atoms with Crippen LogP contribution in [-0.4, -0.2) is 6.61 Å². The van der Waals surface area contributed by atoms with Gasteiger partial charge in [-0.25, -0.2) is 0 Å². The van der Waals surface area contributed by atoms with Crippen molar-refractivity contribution < 1.29 is 4.74 Å². The number of ether oxygens (including phenoxy) is 1. The standard InChI is InChI=1S/C13H12ClNO3/c1-3-18-13-10(11(16)12(13)17)15-9-5-4-8(14)6-7(9)2/h4-6,15H,3H2,1-2H3. The van der Waals surface area contributed by atoms with Crippen LogP contribution in [0.2, 0.25) is 5.02 Å². The van der Waals surface area contributed by atoms with Gasteiger partial charge in [-0.2, -0.15) is 0 Å². The molecule has 0 unspecified atom stereocenters. The predicted molar refractivity (Wildman–Crippen MR) is 72.0 cm³/mol. The predicted octanol–water partition coefficient (Wildman–Crippen LogP) is 2.39. The lowest BCUT2D eigenvalue weighted by Gasteiger charge is -2.14. The molecule has 0 bridgehead atoms. The maximum absolute atomic E-state index is 11.5. The summed E-state index contributed by atoms with van der Waals surface area (Å²) in [6, 6.07) is 5.24. The molecule has 0 spiro atoms. The largest absolute Gasteiger partial charge is 0.488 e. The fourth-order valence-electron chi connectivity index (χ4n) is 1.67. The minimum absolute atomic E-state index is 0.108. The lowest BCUT2D eigenvalue weighted by atomic mass is 10.1. The van der Waals surface area contributed by atoms with Crippen LogP contribution >= 0.6 is 11.6 Å². The summed E-state index contributed by atoms with van der Waals surface area (Å²) in [4.78, 5) is 22.8. The molecule has 94 valence electrons. The number of hydrogen-bond acceptors (Lipinski definition) is 4. The van der Waals surface area contributed by atoms with Gasteiger partial charge in [0.25, 0.3) is 10.9 Å². The Balaban J connectivity index is 2.32. The maximum atomic E-state index is 11.5. The van der Waals surface area contributed by atoms with Gasteiger partial charge in [0, 0.05) is 10.7 Å². The molecule has 0 aliphatic heterocycles. The number of anilines is 2. The van der Waals surface area contributed by atoms with Gasteiger partial charge < -0.3 is 10.1 Å². The minimum Gasteiger partial charge on any atom is -0.488 e. The van der Waals surface area contributed by atoms with Gasteiger partial charge in [-0.05, 0) is 37.6 Å². The van der Waals surface area contributed by atoms with Crippen molar-refractivity contribution in [2.24, 2.45) is 0 Å². The zero-order valence-corrected chi connectivity index (χ0v) is 10.8. The zero-order valence-electron chi connectivity index (χ0n) is 10.0. The van der Waals surface area contributed by atoms with Gasteiger partial charge >= 0.3 is 0 Å². The van der Waals surface area contributed by atoms with Crippen LogP contribution in [0.25, 0.3) is 0 Å². The van der Waals surface area contributed by atoms with E-state index in [9.17, 15) is 9.59 Å². The summed E-state index contributed by atoms with van der Waals surface area (Å²) in [5.41, 5.74) is 0.705. The van der Waals surface area contributed by atoms with Crippen molar-refractivity contribution >= 4 is 23.0 Å². The lowest BCUT2D eigenvalue weighted by Crippen LogP contribution is -2.35. The molecule has 1 N–H and O–H groups in total. The first-order valence-corrected chi connectivity index (χ1v) is 5.91. The van der Waals surface area contributed by atoms with Gasteiger partial charge in [-0.3, -0.25) is 9.59 Å². The number of benzene rings is 1. The third-order valence-electron chi connectivity index (χ3n) is 2.60. The second-order valence-electron chi connectivity index (χ2n) is 3.88. The van der Waals surface area contributed by atoms with Gasteiger partial charge in [0.05, 0.1) is 6.61 Å². The van der Waals surface area contributed by atoms with E-state index in [0.717, 1.165) is 11.3 Å². The maximum Gasteiger partial charge on any atom is 0.272 e. The molecule has 0 aliphatic carbocycles. The highest BCUT2D eigenvalue weighted by atomic mass is 35.5. The van der Waals surface area contributed by atoms with Gasteiger partial charge in [-0.15, -0.1) is 0 Å². The molecule has 0 aromatic heterocycles. The summed E-state index contributed by atoms with van der Waals surface area (Å²) in [7, 11) is 0. The molecule has 0 atom stereocenters. The smallest absolute Gasteiger partial charge is 0.272 e. The third-order valence-corrected chi connectivity index (χ3v) is 2.84. The monoisotopic (exact) mass is 265 g/mol.